The third-order valence-corrected chi connectivity index (χ3v) is 5.95. The van der Waals surface area contributed by atoms with Gasteiger partial charge in [-0.1, -0.05) is 30.0 Å². The lowest BCUT2D eigenvalue weighted by Crippen LogP contribution is -2.27. The maximum Gasteiger partial charge on any atom is 0.255 e. The molecular weight excluding hydrogens is 358 g/mol. The zero-order valence-electron chi connectivity index (χ0n) is 15.1. The smallest absolute Gasteiger partial charge is 0.255 e. The van der Waals surface area contributed by atoms with Crippen molar-refractivity contribution in [1.29, 1.82) is 0 Å². The van der Waals surface area contributed by atoms with Gasteiger partial charge < -0.3 is 9.88 Å². The molecule has 2 aromatic heterocycles. The number of amides is 1. The average molecular weight is 379 g/mol. The third kappa shape index (κ3) is 3.62. The summed E-state index contributed by atoms with van der Waals surface area (Å²) in [6, 6.07) is 11.4. The highest BCUT2D eigenvalue weighted by Crippen LogP contribution is 2.27. The number of H-pyrrole nitrogens is 1. The Morgan fingerprint density at radius 3 is 2.67 bits per heavy atom. The van der Waals surface area contributed by atoms with Gasteiger partial charge in [-0.3, -0.25) is 9.59 Å². The fraction of sp³-hybridized carbons (Fsp3) is 0.286. The highest BCUT2D eigenvalue weighted by molar-refractivity contribution is 8.00. The van der Waals surface area contributed by atoms with Crippen molar-refractivity contribution in [2.45, 2.75) is 30.0 Å². The Hall–Kier alpha value is -2.60. The summed E-state index contributed by atoms with van der Waals surface area (Å²) < 4.78 is 0. The van der Waals surface area contributed by atoms with Crippen molar-refractivity contribution in [1.82, 2.24) is 14.9 Å². The van der Waals surface area contributed by atoms with Crippen LogP contribution >= 0.6 is 11.8 Å². The minimum absolute atomic E-state index is 0.0412. The van der Waals surface area contributed by atoms with Crippen molar-refractivity contribution < 1.29 is 9.59 Å². The van der Waals surface area contributed by atoms with Crippen LogP contribution in [0, 0.1) is 0 Å². The van der Waals surface area contributed by atoms with Gasteiger partial charge in [0, 0.05) is 41.9 Å². The van der Waals surface area contributed by atoms with Crippen molar-refractivity contribution in [2.24, 2.45) is 0 Å². The molecule has 0 radical (unpaired) electrons. The number of carbonyl (C=O) groups is 2. The number of nitrogens with zero attached hydrogens (tertiary/aromatic N) is 2. The Morgan fingerprint density at radius 2 is 1.93 bits per heavy atom. The second kappa shape index (κ2) is 7.56. The van der Waals surface area contributed by atoms with Gasteiger partial charge in [0.1, 0.15) is 0 Å². The quantitative estimate of drug-likeness (QED) is 0.534. The van der Waals surface area contributed by atoms with E-state index in [4.69, 9.17) is 0 Å². The summed E-state index contributed by atoms with van der Waals surface area (Å²) >= 11 is 1.41. The largest absolute Gasteiger partial charge is 0.360 e. The number of ketones is 1. The molecule has 1 N–H and O–H groups in total. The van der Waals surface area contributed by atoms with Crippen LogP contribution in [0.3, 0.4) is 0 Å². The number of thioether (sulfide) groups is 1. The van der Waals surface area contributed by atoms with Gasteiger partial charge in [-0.25, -0.2) is 4.98 Å². The molecule has 5 nitrogen and oxygen atoms in total. The fourth-order valence-corrected chi connectivity index (χ4v) is 4.26. The Morgan fingerprint density at radius 1 is 1.15 bits per heavy atom. The van der Waals surface area contributed by atoms with Crippen LogP contribution in [0.25, 0.3) is 10.9 Å². The highest BCUT2D eigenvalue weighted by atomic mass is 32.2. The number of hydrogen-bond acceptors (Lipinski definition) is 4. The molecule has 3 heterocycles. The van der Waals surface area contributed by atoms with E-state index in [0.717, 1.165) is 41.9 Å². The number of fused-ring (bicyclic) bond motifs is 1. The number of hydrogen-bond donors (Lipinski definition) is 1. The van der Waals surface area contributed by atoms with Crippen LogP contribution in [0.15, 0.2) is 53.8 Å². The molecule has 0 bridgehead atoms. The van der Waals surface area contributed by atoms with E-state index in [1.54, 1.807) is 18.5 Å². The summed E-state index contributed by atoms with van der Waals surface area (Å²) in [5.74, 6) is 0.107. The number of Topliss-reactive ketones (excluding diaryl/α,β-unsaturated/α-hetero) is 1. The van der Waals surface area contributed by atoms with E-state index < -0.39 is 0 Å². The summed E-state index contributed by atoms with van der Waals surface area (Å²) in [5, 5.41) is 1.42. The van der Waals surface area contributed by atoms with E-state index in [9.17, 15) is 9.59 Å². The minimum Gasteiger partial charge on any atom is -0.360 e. The summed E-state index contributed by atoms with van der Waals surface area (Å²) in [7, 11) is 0. The number of likely N-dealkylation sites (tertiary alicyclic amines) is 1. The Balaban J connectivity index is 1.45. The zero-order valence-corrected chi connectivity index (χ0v) is 16.0. The molecule has 1 saturated heterocycles. The molecule has 1 amide bonds. The lowest BCUT2D eigenvalue weighted by Gasteiger charge is -2.15. The maximum atomic E-state index is 12.8. The molecule has 1 aliphatic rings. The fourth-order valence-electron chi connectivity index (χ4n) is 3.41. The van der Waals surface area contributed by atoms with Gasteiger partial charge in [0.15, 0.2) is 5.78 Å². The lowest BCUT2D eigenvalue weighted by molar-refractivity contribution is 0.0792. The molecule has 0 spiro atoms. The number of pyridine rings is 1. The predicted molar refractivity (Wildman–Crippen MR) is 107 cm³/mol. The third-order valence-electron chi connectivity index (χ3n) is 4.90. The van der Waals surface area contributed by atoms with Crippen LogP contribution in [0.5, 0.6) is 0 Å². The van der Waals surface area contributed by atoms with E-state index >= 15 is 0 Å². The number of carbonyl (C=O) groups excluding carboxylic acids is 2. The van der Waals surface area contributed by atoms with Gasteiger partial charge >= 0.3 is 0 Å². The Kier molecular flexibility index (Phi) is 4.99. The van der Waals surface area contributed by atoms with Gasteiger partial charge in [-0.2, -0.15) is 0 Å². The van der Waals surface area contributed by atoms with Gasteiger partial charge in [-0.15, -0.1) is 0 Å². The summed E-state index contributed by atoms with van der Waals surface area (Å²) in [4.78, 5) is 34.6. The summed E-state index contributed by atoms with van der Waals surface area (Å²) in [6.07, 6.45) is 5.53. The molecule has 6 heteroatoms. The lowest BCUT2D eigenvalue weighted by atomic mass is 10.1. The Bertz CT molecular complexity index is 975. The van der Waals surface area contributed by atoms with Crippen LogP contribution in [0.1, 0.15) is 40.5 Å². The molecule has 1 aromatic carbocycles. The van der Waals surface area contributed by atoms with Gasteiger partial charge in [0.2, 0.25) is 0 Å². The molecule has 27 heavy (non-hydrogen) atoms. The topological polar surface area (TPSA) is 66.1 Å². The molecule has 4 rings (SSSR count). The number of nitrogens with one attached hydrogen (secondary N) is 1. The van der Waals surface area contributed by atoms with Crippen molar-refractivity contribution >= 4 is 34.4 Å². The number of aromatic nitrogens is 2. The summed E-state index contributed by atoms with van der Waals surface area (Å²) in [5.41, 5.74) is 2.27. The van der Waals surface area contributed by atoms with E-state index in [0.29, 0.717) is 11.1 Å². The number of benzene rings is 1. The SMILES string of the molecule is C[C@@H](Sc1ccc(C(=O)N2CCCC2)cn1)C(=O)c1c[nH]c2ccccc12. The first-order valence-electron chi connectivity index (χ1n) is 9.16. The molecular formula is C21H21N3O2S. The van der Waals surface area contributed by atoms with E-state index in [2.05, 4.69) is 9.97 Å². The normalized spacial score (nSPS) is 15.2. The zero-order chi connectivity index (χ0) is 18.8. The number of aromatic amines is 1. The predicted octanol–water partition coefficient (Wildman–Crippen LogP) is 4.16. The van der Waals surface area contributed by atoms with Crippen LogP contribution in [0.4, 0.5) is 0 Å². The number of rotatable bonds is 5. The standard InChI is InChI=1S/C21H21N3O2S/c1-14(20(25)17-13-22-18-7-3-2-6-16(17)18)27-19-9-8-15(12-23-19)21(26)24-10-4-5-11-24/h2-3,6-9,12-14,22H,4-5,10-11H2,1H3/t14-/m1/s1. The minimum atomic E-state index is -0.267. The Labute approximate surface area is 162 Å². The van der Waals surface area contributed by atoms with Gasteiger partial charge in [0.05, 0.1) is 15.8 Å². The van der Waals surface area contributed by atoms with Crippen LogP contribution in [-0.4, -0.2) is 44.9 Å². The number of para-hydroxylation sites is 1. The average Bonchev–Trinajstić information content (AvgIpc) is 3.37. The molecule has 0 unspecified atom stereocenters. The molecule has 3 aromatic rings. The molecule has 138 valence electrons. The first-order chi connectivity index (χ1) is 13.1. The molecule has 1 fully saturated rings. The first-order valence-corrected chi connectivity index (χ1v) is 10.0. The van der Waals surface area contributed by atoms with Gasteiger partial charge in [0.25, 0.3) is 5.91 Å². The van der Waals surface area contributed by atoms with E-state index in [-0.39, 0.29) is 16.9 Å². The van der Waals surface area contributed by atoms with Crippen molar-refractivity contribution in [3.63, 3.8) is 0 Å². The van der Waals surface area contributed by atoms with Crippen molar-refractivity contribution in [3.05, 3.63) is 59.9 Å². The summed E-state index contributed by atoms with van der Waals surface area (Å²) in [6.45, 7) is 3.54. The van der Waals surface area contributed by atoms with Crippen LogP contribution in [-0.2, 0) is 0 Å². The van der Waals surface area contributed by atoms with Crippen LogP contribution < -0.4 is 0 Å². The maximum absolute atomic E-state index is 12.8. The second-order valence-electron chi connectivity index (χ2n) is 6.76. The monoisotopic (exact) mass is 379 g/mol. The van der Waals surface area contributed by atoms with E-state index in [1.165, 1.54) is 11.8 Å². The molecule has 0 saturated carbocycles. The molecule has 1 aliphatic heterocycles. The first kappa shape index (κ1) is 17.8. The van der Waals surface area contributed by atoms with Gasteiger partial charge in [-0.05, 0) is 38.0 Å². The van der Waals surface area contributed by atoms with Crippen molar-refractivity contribution in [3.8, 4) is 0 Å². The highest BCUT2D eigenvalue weighted by Gasteiger charge is 2.22. The van der Waals surface area contributed by atoms with E-state index in [1.807, 2.05) is 42.2 Å². The van der Waals surface area contributed by atoms with Crippen LogP contribution in [0.2, 0.25) is 0 Å². The van der Waals surface area contributed by atoms with Crippen molar-refractivity contribution in [2.75, 3.05) is 13.1 Å². The second-order valence-corrected chi connectivity index (χ2v) is 8.12. The molecule has 0 aliphatic carbocycles. The molecule has 1 atom stereocenters.